The van der Waals surface area contributed by atoms with Crippen LogP contribution in [0.1, 0.15) is 47.0 Å². The SMILES string of the molecule is CC(C)(N)C(C)(C)C(=O)CC1CCCN(S(C)(=O)=O)C1. The standard InChI is InChI=1S/C14H28N2O3S/c1-13(2,14(3,4)15)12(17)9-11-7-6-8-16(10-11)20(5,18)19/h11H,6-10,15H2,1-5H3. The largest absolute Gasteiger partial charge is 0.325 e. The van der Waals surface area contributed by atoms with Crippen LogP contribution >= 0.6 is 0 Å². The van der Waals surface area contributed by atoms with Gasteiger partial charge in [-0.1, -0.05) is 13.8 Å². The van der Waals surface area contributed by atoms with Crippen molar-refractivity contribution in [3.05, 3.63) is 0 Å². The van der Waals surface area contributed by atoms with Crippen LogP contribution in [-0.2, 0) is 14.8 Å². The van der Waals surface area contributed by atoms with Crippen molar-refractivity contribution in [1.29, 1.82) is 0 Å². The summed E-state index contributed by atoms with van der Waals surface area (Å²) in [5.74, 6) is 0.220. The molecule has 0 aromatic rings. The smallest absolute Gasteiger partial charge is 0.211 e. The average molecular weight is 304 g/mol. The normalized spacial score (nSPS) is 22.8. The third-order valence-electron chi connectivity index (χ3n) is 4.73. The molecule has 1 heterocycles. The Morgan fingerprint density at radius 1 is 1.30 bits per heavy atom. The predicted molar refractivity (Wildman–Crippen MR) is 80.8 cm³/mol. The molecule has 0 aromatic heterocycles. The van der Waals surface area contributed by atoms with Crippen LogP contribution in [0.25, 0.3) is 0 Å². The maximum absolute atomic E-state index is 12.5. The molecule has 0 radical (unpaired) electrons. The zero-order chi connectivity index (χ0) is 15.8. The summed E-state index contributed by atoms with van der Waals surface area (Å²) in [6, 6.07) is 0. The van der Waals surface area contributed by atoms with Gasteiger partial charge in [0.15, 0.2) is 0 Å². The number of sulfonamides is 1. The molecule has 20 heavy (non-hydrogen) atoms. The molecule has 2 N–H and O–H groups in total. The quantitative estimate of drug-likeness (QED) is 0.832. The maximum Gasteiger partial charge on any atom is 0.211 e. The second-order valence-electron chi connectivity index (χ2n) is 7.10. The number of carbonyl (C=O) groups is 1. The minimum Gasteiger partial charge on any atom is -0.325 e. The fourth-order valence-electron chi connectivity index (χ4n) is 2.37. The number of piperidine rings is 1. The Hall–Kier alpha value is -0.460. The first-order chi connectivity index (χ1) is 8.85. The van der Waals surface area contributed by atoms with Crippen LogP contribution in [0.2, 0.25) is 0 Å². The first-order valence-electron chi connectivity index (χ1n) is 7.13. The highest BCUT2D eigenvalue weighted by Crippen LogP contribution is 2.33. The molecule has 1 atom stereocenters. The molecule has 6 heteroatoms. The highest BCUT2D eigenvalue weighted by atomic mass is 32.2. The Labute approximate surface area is 122 Å². The van der Waals surface area contributed by atoms with E-state index in [1.54, 1.807) is 0 Å². The van der Waals surface area contributed by atoms with Gasteiger partial charge in [-0.3, -0.25) is 4.79 Å². The third-order valence-corrected chi connectivity index (χ3v) is 6.00. The highest BCUT2D eigenvalue weighted by molar-refractivity contribution is 7.88. The van der Waals surface area contributed by atoms with Crippen LogP contribution in [0.4, 0.5) is 0 Å². The van der Waals surface area contributed by atoms with Gasteiger partial charge in [-0.05, 0) is 32.6 Å². The molecule has 0 aromatic carbocycles. The van der Waals surface area contributed by atoms with E-state index in [1.165, 1.54) is 10.6 Å². The van der Waals surface area contributed by atoms with Crippen LogP contribution in [0.3, 0.4) is 0 Å². The molecule has 1 aliphatic heterocycles. The molecular formula is C14H28N2O3S. The van der Waals surface area contributed by atoms with E-state index in [0.29, 0.717) is 19.5 Å². The van der Waals surface area contributed by atoms with Crippen LogP contribution in [0, 0.1) is 11.3 Å². The highest BCUT2D eigenvalue weighted by Gasteiger charge is 2.41. The Kier molecular flexibility index (Phi) is 5.04. The van der Waals surface area contributed by atoms with Crippen LogP contribution in [-0.4, -0.2) is 43.4 Å². The lowest BCUT2D eigenvalue weighted by Crippen LogP contribution is -2.52. The van der Waals surface area contributed by atoms with E-state index in [4.69, 9.17) is 5.73 Å². The van der Waals surface area contributed by atoms with E-state index >= 15 is 0 Å². The maximum atomic E-state index is 12.5. The second kappa shape index (κ2) is 5.73. The summed E-state index contributed by atoms with van der Waals surface area (Å²) < 4.78 is 24.7. The lowest BCUT2D eigenvalue weighted by Gasteiger charge is -2.39. The molecule has 1 aliphatic rings. The van der Waals surface area contributed by atoms with Gasteiger partial charge in [-0.15, -0.1) is 0 Å². The monoisotopic (exact) mass is 304 g/mol. The number of carbonyl (C=O) groups excluding carboxylic acids is 1. The summed E-state index contributed by atoms with van der Waals surface area (Å²) in [4.78, 5) is 12.5. The van der Waals surface area contributed by atoms with Gasteiger partial charge in [-0.2, -0.15) is 0 Å². The lowest BCUT2D eigenvalue weighted by molar-refractivity contribution is -0.131. The molecule has 1 rings (SSSR count). The molecule has 118 valence electrons. The van der Waals surface area contributed by atoms with Crippen molar-refractivity contribution in [2.24, 2.45) is 17.1 Å². The van der Waals surface area contributed by atoms with Crippen molar-refractivity contribution in [3.8, 4) is 0 Å². The first-order valence-corrected chi connectivity index (χ1v) is 8.98. The van der Waals surface area contributed by atoms with Crippen molar-refractivity contribution in [3.63, 3.8) is 0 Å². The number of nitrogens with two attached hydrogens (primary N) is 1. The zero-order valence-corrected chi connectivity index (χ0v) is 14.1. The lowest BCUT2D eigenvalue weighted by atomic mass is 9.70. The zero-order valence-electron chi connectivity index (χ0n) is 13.3. The van der Waals surface area contributed by atoms with E-state index in [-0.39, 0.29) is 11.7 Å². The van der Waals surface area contributed by atoms with Gasteiger partial charge in [0.05, 0.1) is 6.26 Å². The fraction of sp³-hybridized carbons (Fsp3) is 0.929. The van der Waals surface area contributed by atoms with Crippen LogP contribution in [0.15, 0.2) is 0 Å². The van der Waals surface area contributed by atoms with Crippen LogP contribution < -0.4 is 5.73 Å². The number of hydrogen-bond donors (Lipinski definition) is 1. The molecule has 0 aliphatic carbocycles. The first kappa shape index (κ1) is 17.6. The van der Waals surface area contributed by atoms with E-state index in [2.05, 4.69) is 0 Å². The minimum atomic E-state index is -3.16. The summed E-state index contributed by atoms with van der Waals surface area (Å²) in [5.41, 5.74) is 4.89. The summed E-state index contributed by atoms with van der Waals surface area (Å²) in [7, 11) is -3.16. The Bertz CT molecular complexity index is 463. The summed E-state index contributed by atoms with van der Waals surface area (Å²) >= 11 is 0. The molecule has 0 spiro atoms. The molecule has 1 unspecified atom stereocenters. The Morgan fingerprint density at radius 2 is 1.85 bits per heavy atom. The van der Waals surface area contributed by atoms with Crippen molar-refractivity contribution in [2.75, 3.05) is 19.3 Å². The number of nitrogens with zero attached hydrogens (tertiary/aromatic N) is 1. The number of rotatable bonds is 5. The number of Topliss-reactive ketones (excluding diaryl/α,β-unsaturated/α-hetero) is 1. The van der Waals surface area contributed by atoms with E-state index in [1.807, 2.05) is 27.7 Å². The van der Waals surface area contributed by atoms with Gasteiger partial charge in [0.25, 0.3) is 0 Å². The molecule has 1 saturated heterocycles. The predicted octanol–water partition coefficient (Wildman–Crippen LogP) is 1.38. The average Bonchev–Trinajstić information content (AvgIpc) is 2.26. The summed E-state index contributed by atoms with van der Waals surface area (Å²) in [5, 5.41) is 0. The minimum absolute atomic E-state index is 0.104. The van der Waals surface area contributed by atoms with Crippen molar-refractivity contribution < 1.29 is 13.2 Å². The number of ketones is 1. The van der Waals surface area contributed by atoms with E-state index < -0.39 is 21.0 Å². The van der Waals surface area contributed by atoms with Crippen LogP contribution in [0.5, 0.6) is 0 Å². The van der Waals surface area contributed by atoms with E-state index in [0.717, 1.165) is 12.8 Å². The second-order valence-corrected chi connectivity index (χ2v) is 9.09. The van der Waals surface area contributed by atoms with Gasteiger partial charge in [-0.25, -0.2) is 12.7 Å². The van der Waals surface area contributed by atoms with Gasteiger partial charge >= 0.3 is 0 Å². The summed E-state index contributed by atoms with van der Waals surface area (Å²) in [6.45, 7) is 8.46. The van der Waals surface area contributed by atoms with Gasteiger partial charge in [0.2, 0.25) is 10.0 Å². The van der Waals surface area contributed by atoms with Crippen molar-refractivity contribution in [1.82, 2.24) is 4.31 Å². The molecular weight excluding hydrogens is 276 g/mol. The Balaban J connectivity index is 2.72. The molecule has 0 bridgehead atoms. The third kappa shape index (κ3) is 4.02. The topological polar surface area (TPSA) is 80.5 Å². The summed E-state index contributed by atoms with van der Waals surface area (Å²) in [6.07, 6.45) is 3.35. The molecule has 1 fully saturated rings. The molecule has 0 amide bonds. The van der Waals surface area contributed by atoms with Crippen molar-refractivity contribution in [2.45, 2.75) is 52.5 Å². The van der Waals surface area contributed by atoms with E-state index in [9.17, 15) is 13.2 Å². The molecule has 5 nitrogen and oxygen atoms in total. The Morgan fingerprint density at radius 3 is 2.30 bits per heavy atom. The van der Waals surface area contributed by atoms with Gasteiger partial charge in [0, 0.05) is 30.5 Å². The fourth-order valence-corrected chi connectivity index (χ4v) is 3.31. The van der Waals surface area contributed by atoms with Crippen molar-refractivity contribution >= 4 is 15.8 Å². The number of hydrogen-bond acceptors (Lipinski definition) is 4. The molecule has 0 saturated carbocycles. The van der Waals surface area contributed by atoms with Gasteiger partial charge in [0.1, 0.15) is 5.78 Å². The van der Waals surface area contributed by atoms with Gasteiger partial charge < -0.3 is 5.73 Å².